The third kappa shape index (κ3) is 2.97. The Bertz CT molecular complexity index is 308. The topological polar surface area (TPSA) is 66.8 Å². The molecule has 1 aliphatic heterocycles. The molecule has 1 fully saturated rings. The monoisotopic (exact) mass is 243 g/mol. The van der Waals surface area contributed by atoms with Crippen LogP contribution in [0.5, 0.6) is 0 Å². The third-order valence-corrected chi connectivity index (χ3v) is 3.06. The van der Waals surface area contributed by atoms with Crippen molar-refractivity contribution in [2.45, 2.75) is 45.8 Å². The number of ether oxygens (including phenoxy) is 1. The lowest BCUT2D eigenvalue weighted by atomic mass is 9.88. The Labute approximate surface area is 102 Å². The molecule has 5 nitrogen and oxygen atoms in total. The molecule has 1 saturated heterocycles. The number of carbonyl (C=O) groups excluding carboxylic acids is 2. The van der Waals surface area contributed by atoms with E-state index in [4.69, 9.17) is 0 Å². The zero-order chi connectivity index (χ0) is 13.2. The van der Waals surface area contributed by atoms with Crippen molar-refractivity contribution < 1.29 is 19.4 Å². The molecule has 0 aromatic heterocycles. The number of nitrogens with zero attached hydrogens (tertiary/aromatic N) is 1. The standard InChI is InChI=1S/C12H21NO4/c1-12(2,3)9(14)10(15)13-7-5-6-8(13)11(16)17-4/h8-9,14H,5-7H2,1-4H3/t8-,9+/m0/s1. The molecule has 1 N–H and O–H groups in total. The van der Waals surface area contributed by atoms with E-state index in [1.54, 1.807) is 20.8 Å². The molecule has 1 amide bonds. The highest BCUT2D eigenvalue weighted by Crippen LogP contribution is 2.25. The highest BCUT2D eigenvalue weighted by Gasteiger charge is 2.40. The first-order valence-electron chi connectivity index (χ1n) is 5.85. The van der Waals surface area contributed by atoms with E-state index >= 15 is 0 Å². The lowest BCUT2D eigenvalue weighted by molar-refractivity contribution is -0.156. The molecule has 0 aromatic carbocycles. The summed E-state index contributed by atoms with van der Waals surface area (Å²) in [6.07, 6.45) is 0.283. The molecule has 1 heterocycles. The van der Waals surface area contributed by atoms with E-state index in [0.717, 1.165) is 6.42 Å². The van der Waals surface area contributed by atoms with E-state index in [0.29, 0.717) is 13.0 Å². The molecular weight excluding hydrogens is 222 g/mol. The zero-order valence-electron chi connectivity index (χ0n) is 10.9. The van der Waals surface area contributed by atoms with Crippen molar-refractivity contribution in [3.05, 3.63) is 0 Å². The van der Waals surface area contributed by atoms with Gasteiger partial charge in [-0.05, 0) is 18.3 Å². The zero-order valence-corrected chi connectivity index (χ0v) is 10.9. The van der Waals surface area contributed by atoms with Gasteiger partial charge in [-0.25, -0.2) is 4.79 Å². The first kappa shape index (κ1) is 14.0. The van der Waals surface area contributed by atoms with E-state index in [2.05, 4.69) is 4.74 Å². The molecule has 0 spiro atoms. The summed E-state index contributed by atoms with van der Waals surface area (Å²) in [7, 11) is 1.31. The molecule has 0 bridgehead atoms. The van der Waals surface area contributed by atoms with Crippen molar-refractivity contribution in [2.24, 2.45) is 5.41 Å². The number of likely N-dealkylation sites (tertiary alicyclic amines) is 1. The molecule has 0 radical (unpaired) electrons. The molecule has 98 valence electrons. The highest BCUT2D eigenvalue weighted by molar-refractivity contribution is 5.87. The highest BCUT2D eigenvalue weighted by atomic mass is 16.5. The Morgan fingerprint density at radius 2 is 2.00 bits per heavy atom. The average Bonchev–Trinajstić information content (AvgIpc) is 2.73. The summed E-state index contributed by atoms with van der Waals surface area (Å²) in [5.74, 6) is -0.789. The van der Waals surface area contributed by atoms with Crippen molar-refractivity contribution in [1.82, 2.24) is 4.90 Å². The van der Waals surface area contributed by atoms with E-state index in [9.17, 15) is 14.7 Å². The maximum Gasteiger partial charge on any atom is 0.328 e. The van der Waals surface area contributed by atoms with Crippen LogP contribution in [0.15, 0.2) is 0 Å². The summed E-state index contributed by atoms with van der Waals surface area (Å²) in [4.78, 5) is 25.0. The van der Waals surface area contributed by atoms with Gasteiger partial charge in [0.15, 0.2) is 0 Å². The van der Waals surface area contributed by atoms with Gasteiger partial charge in [0.25, 0.3) is 5.91 Å². The number of aliphatic hydroxyl groups excluding tert-OH is 1. The fourth-order valence-electron chi connectivity index (χ4n) is 1.94. The molecule has 0 unspecified atom stereocenters. The molecule has 17 heavy (non-hydrogen) atoms. The largest absolute Gasteiger partial charge is 0.467 e. The van der Waals surface area contributed by atoms with Crippen LogP contribution >= 0.6 is 0 Å². The molecular formula is C12H21NO4. The Morgan fingerprint density at radius 3 is 2.47 bits per heavy atom. The fraction of sp³-hybridized carbons (Fsp3) is 0.833. The molecule has 5 heteroatoms. The molecule has 1 rings (SSSR count). The van der Waals surface area contributed by atoms with E-state index in [-0.39, 0.29) is 5.91 Å². The molecule has 1 aliphatic rings. The van der Waals surface area contributed by atoms with Gasteiger partial charge in [0.05, 0.1) is 7.11 Å². The van der Waals surface area contributed by atoms with Gasteiger partial charge in [-0.2, -0.15) is 0 Å². The predicted octanol–water partition coefficient (Wildman–Crippen LogP) is 0.557. The van der Waals surface area contributed by atoms with Gasteiger partial charge in [0, 0.05) is 6.54 Å². The van der Waals surface area contributed by atoms with Gasteiger partial charge in [0.1, 0.15) is 12.1 Å². The normalized spacial score (nSPS) is 22.4. The van der Waals surface area contributed by atoms with Gasteiger partial charge in [0.2, 0.25) is 0 Å². The second kappa shape index (κ2) is 5.04. The summed E-state index contributed by atoms with van der Waals surface area (Å²) >= 11 is 0. The number of hydrogen-bond acceptors (Lipinski definition) is 4. The SMILES string of the molecule is COC(=O)[C@@H]1CCCN1C(=O)[C@@H](O)C(C)(C)C. The van der Waals surface area contributed by atoms with Crippen LogP contribution in [-0.4, -0.2) is 47.7 Å². The predicted molar refractivity (Wildman–Crippen MR) is 62.2 cm³/mol. The van der Waals surface area contributed by atoms with Crippen molar-refractivity contribution in [3.8, 4) is 0 Å². The van der Waals surface area contributed by atoms with Crippen molar-refractivity contribution in [3.63, 3.8) is 0 Å². The van der Waals surface area contributed by atoms with Crippen LogP contribution in [0, 0.1) is 5.41 Å². The van der Waals surface area contributed by atoms with Crippen LogP contribution in [0.2, 0.25) is 0 Å². The second-order valence-electron chi connectivity index (χ2n) is 5.48. The number of amides is 1. The molecule has 0 saturated carbocycles. The minimum absolute atomic E-state index is 0.384. The Kier molecular flexibility index (Phi) is 4.14. The molecule has 0 aliphatic carbocycles. The molecule has 0 aromatic rings. The second-order valence-corrected chi connectivity index (χ2v) is 5.48. The molecule has 2 atom stereocenters. The van der Waals surface area contributed by atoms with Crippen molar-refractivity contribution >= 4 is 11.9 Å². The smallest absolute Gasteiger partial charge is 0.328 e. The third-order valence-electron chi connectivity index (χ3n) is 3.06. The van der Waals surface area contributed by atoms with Gasteiger partial charge >= 0.3 is 5.97 Å². The van der Waals surface area contributed by atoms with Crippen LogP contribution in [0.1, 0.15) is 33.6 Å². The average molecular weight is 243 g/mol. The van der Waals surface area contributed by atoms with Crippen molar-refractivity contribution in [2.75, 3.05) is 13.7 Å². The summed E-state index contributed by atoms with van der Waals surface area (Å²) < 4.78 is 4.67. The van der Waals surface area contributed by atoms with E-state index in [1.807, 2.05) is 0 Å². The maximum absolute atomic E-state index is 12.1. The van der Waals surface area contributed by atoms with Crippen LogP contribution in [0.3, 0.4) is 0 Å². The quantitative estimate of drug-likeness (QED) is 0.719. The first-order chi connectivity index (χ1) is 7.79. The first-order valence-corrected chi connectivity index (χ1v) is 5.85. The maximum atomic E-state index is 12.1. The van der Waals surface area contributed by atoms with E-state index < -0.39 is 23.5 Å². The van der Waals surface area contributed by atoms with Crippen LogP contribution < -0.4 is 0 Å². The van der Waals surface area contributed by atoms with Gasteiger partial charge < -0.3 is 14.7 Å². The fourth-order valence-corrected chi connectivity index (χ4v) is 1.94. The Balaban J connectivity index is 2.78. The Hall–Kier alpha value is -1.10. The van der Waals surface area contributed by atoms with Gasteiger partial charge in [-0.3, -0.25) is 4.79 Å². The minimum atomic E-state index is -1.09. The van der Waals surface area contributed by atoms with Crippen LogP contribution in [0.25, 0.3) is 0 Å². The summed E-state index contributed by atoms with van der Waals surface area (Å²) in [5.41, 5.74) is -0.527. The van der Waals surface area contributed by atoms with Gasteiger partial charge in [-0.1, -0.05) is 20.8 Å². The Morgan fingerprint density at radius 1 is 1.41 bits per heavy atom. The lowest BCUT2D eigenvalue weighted by Crippen LogP contribution is -2.49. The number of carbonyl (C=O) groups is 2. The summed E-state index contributed by atoms with van der Waals surface area (Å²) in [5, 5.41) is 9.94. The number of aliphatic hydroxyl groups is 1. The number of esters is 1. The van der Waals surface area contributed by atoms with Crippen LogP contribution in [0.4, 0.5) is 0 Å². The van der Waals surface area contributed by atoms with Gasteiger partial charge in [-0.15, -0.1) is 0 Å². The van der Waals surface area contributed by atoms with E-state index in [1.165, 1.54) is 12.0 Å². The number of hydrogen-bond donors (Lipinski definition) is 1. The lowest BCUT2D eigenvalue weighted by Gasteiger charge is -2.31. The van der Waals surface area contributed by atoms with Crippen LogP contribution in [-0.2, 0) is 14.3 Å². The summed E-state index contributed by atoms with van der Waals surface area (Å²) in [6, 6.07) is -0.538. The summed E-state index contributed by atoms with van der Waals surface area (Å²) in [6.45, 7) is 5.88. The number of methoxy groups -OCH3 is 1. The number of rotatable bonds is 2. The minimum Gasteiger partial charge on any atom is -0.467 e. The van der Waals surface area contributed by atoms with Crippen molar-refractivity contribution in [1.29, 1.82) is 0 Å².